The normalized spacial score (nSPS) is 20.6. The van der Waals surface area contributed by atoms with E-state index in [-0.39, 0.29) is 12.4 Å². The summed E-state index contributed by atoms with van der Waals surface area (Å²) in [6.07, 6.45) is -0.363. The smallest absolute Gasteiger partial charge is 0.340 e. The highest BCUT2D eigenvalue weighted by atomic mass is 19.4. The summed E-state index contributed by atoms with van der Waals surface area (Å²) in [5.74, 6) is 0.523. The fraction of sp³-hybridized carbons (Fsp3) is 0.300. The van der Waals surface area contributed by atoms with Gasteiger partial charge in [-0.15, -0.1) is 0 Å². The van der Waals surface area contributed by atoms with Gasteiger partial charge in [-0.3, -0.25) is 9.36 Å². The Morgan fingerprint density at radius 3 is 2.73 bits per heavy atom. The molecule has 0 radical (unpaired) electrons. The molecule has 0 saturated carbocycles. The minimum Gasteiger partial charge on any atom is -0.340 e. The first-order valence-electron chi connectivity index (χ1n) is 9.49. The van der Waals surface area contributed by atoms with Crippen molar-refractivity contribution in [1.29, 1.82) is 0 Å². The highest BCUT2D eigenvalue weighted by Gasteiger charge is 2.56. The average molecular weight is 414 g/mol. The van der Waals surface area contributed by atoms with Crippen LogP contribution in [-0.2, 0) is 4.79 Å². The number of carbonyl (C=O) groups is 1. The summed E-state index contributed by atoms with van der Waals surface area (Å²) in [7, 11) is 0. The minimum absolute atomic E-state index is 0.122. The van der Waals surface area contributed by atoms with Crippen molar-refractivity contribution < 1.29 is 18.0 Å². The van der Waals surface area contributed by atoms with Crippen molar-refractivity contribution in [3.8, 4) is 17.3 Å². The Hall–Kier alpha value is -3.43. The van der Waals surface area contributed by atoms with E-state index < -0.39 is 24.0 Å². The number of amides is 1. The largest absolute Gasteiger partial charge is 0.391 e. The maximum atomic E-state index is 13.3. The molecular weight excluding hydrogens is 397 g/mol. The van der Waals surface area contributed by atoms with Crippen LogP contribution < -0.4 is 10.2 Å². The van der Waals surface area contributed by atoms with E-state index in [1.165, 1.54) is 11.1 Å². The molecule has 1 N–H and O–H groups in total. The lowest BCUT2D eigenvalue weighted by Crippen LogP contribution is -2.58. The summed E-state index contributed by atoms with van der Waals surface area (Å²) in [5, 5.41) is 2.58. The van der Waals surface area contributed by atoms with E-state index in [2.05, 4.69) is 20.3 Å². The fourth-order valence-corrected chi connectivity index (χ4v) is 4.30. The number of carbonyl (C=O) groups excluding carboxylic acids is 1. The van der Waals surface area contributed by atoms with Gasteiger partial charge in [0.1, 0.15) is 17.1 Å². The van der Waals surface area contributed by atoms with Gasteiger partial charge in [-0.1, -0.05) is 30.3 Å². The van der Waals surface area contributed by atoms with Gasteiger partial charge in [-0.2, -0.15) is 18.2 Å². The number of hydrogen-bond donors (Lipinski definition) is 1. The molecule has 0 aliphatic carbocycles. The van der Waals surface area contributed by atoms with Crippen LogP contribution in [0, 0.1) is 0 Å². The number of nitrogens with one attached hydrogen (secondary N) is 1. The average Bonchev–Trinajstić information content (AvgIpc) is 3.36. The third-order valence-electron chi connectivity index (χ3n) is 5.55. The Morgan fingerprint density at radius 1 is 1.17 bits per heavy atom. The molecule has 2 aliphatic heterocycles. The third kappa shape index (κ3) is 2.90. The number of hydrogen-bond acceptors (Lipinski definition) is 5. The number of aromatic nitrogens is 4. The van der Waals surface area contributed by atoms with E-state index in [0.717, 1.165) is 5.56 Å². The summed E-state index contributed by atoms with van der Waals surface area (Å²) in [4.78, 5) is 27.4. The second-order valence-corrected chi connectivity index (χ2v) is 7.43. The first-order valence-corrected chi connectivity index (χ1v) is 9.49. The van der Waals surface area contributed by atoms with Crippen molar-refractivity contribution in [3.05, 3.63) is 48.9 Å². The van der Waals surface area contributed by atoms with Crippen molar-refractivity contribution in [2.24, 2.45) is 0 Å². The van der Waals surface area contributed by atoms with Crippen LogP contribution in [0.3, 0.4) is 0 Å². The Kier molecular flexibility index (Phi) is 4.05. The zero-order valence-electron chi connectivity index (χ0n) is 15.7. The molecule has 3 aromatic rings. The van der Waals surface area contributed by atoms with Crippen molar-refractivity contribution >= 4 is 17.4 Å². The van der Waals surface area contributed by atoms with Crippen molar-refractivity contribution in [2.45, 2.75) is 31.0 Å². The quantitative estimate of drug-likeness (QED) is 0.709. The van der Waals surface area contributed by atoms with Crippen LogP contribution in [0.1, 0.15) is 19.3 Å². The summed E-state index contributed by atoms with van der Waals surface area (Å²) < 4.78 is 41.6. The monoisotopic (exact) mass is 414 g/mol. The number of nitrogens with zero attached hydrogens (tertiary/aromatic N) is 5. The zero-order valence-corrected chi connectivity index (χ0v) is 15.7. The number of benzene rings is 1. The molecule has 1 amide bonds. The maximum absolute atomic E-state index is 13.3. The van der Waals surface area contributed by atoms with Crippen LogP contribution in [0.15, 0.2) is 48.9 Å². The third-order valence-corrected chi connectivity index (χ3v) is 5.55. The second kappa shape index (κ2) is 6.54. The predicted molar refractivity (Wildman–Crippen MR) is 103 cm³/mol. The van der Waals surface area contributed by atoms with Gasteiger partial charge in [-0.25, -0.2) is 9.97 Å². The van der Waals surface area contributed by atoms with Crippen molar-refractivity contribution in [3.63, 3.8) is 0 Å². The van der Waals surface area contributed by atoms with Crippen LogP contribution >= 0.6 is 0 Å². The molecule has 0 bridgehead atoms. The molecule has 4 heterocycles. The number of anilines is 2. The lowest BCUT2D eigenvalue weighted by Gasteiger charge is -2.42. The van der Waals surface area contributed by atoms with Crippen molar-refractivity contribution in [2.75, 3.05) is 16.8 Å². The number of fused-ring (bicyclic) bond motifs is 3. The zero-order chi connectivity index (χ0) is 20.9. The van der Waals surface area contributed by atoms with Crippen LogP contribution in [0.4, 0.5) is 24.7 Å². The standard InChI is InChI=1S/C20H17F3N6O/c21-20(22,23)12-19-7-4-9-29(19)16-14(26-17(19)30)11-25-18(27-16)28-10-8-24-15(28)13-5-2-1-3-6-13/h1-3,5-6,8,10-11H,4,7,9,12H2,(H,26,30). The van der Waals surface area contributed by atoms with E-state index in [1.807, 2.05) is 30.3 Å². The molecule has 1 unspecified atom stereocenters. The van der Waals surface area contributed by atoms with Gasteiger partial charge < -0.3 is 10.2 Å². The molecule has 1 fully saturated rings. The number of imidazole rings is 1. The molecule has 2 aliphatic rings. The van der Waals surface area contributed by atoms with Gasteiger partial charge in [0.25, 0.3) is 5.91 Å². The van der Waals surface area contributed by atoms with E-state index >= 15 is 0 Å². The Balaban J connectivity index is 1.59. The molecule has 1 atom stereocenters. The Bertz CT molecular complexity index is 1110. The molecular formula is C20H17F3N6O. The van der Waals surface area contributed by atoms with Gasteiger partial charge in [-0.05, 0) is 12.8 Å². The maximum Gasteiger partial charge on any atom is 0.391 e. The summed E-state index contributed by atoms with van der Waals surface area (Å²) in [5.41, 5.74) is -0.511. The van der Waals surface area contributed by atoms with Crippen LogP contribution in [-0.4, -0.2) is 43.7 Å². The second-order valence-electron chi connectivity index (χ2n) is 7.43. The highest BCUT2D eigenvalue weighted by molar-refractivity contribution is 6.06. The van der Waals surface area contributed by atoms with E-state index in [1.54, 1.807) is 17.0 Å². The Morgan fingerprint density at radius 2 is 1.97 bits per heavy atom. The van der Waals surface area contributed by atoms with Gasteiger partial charge >= 0.3 is 6.18 Å². The minimum atomic E-state index is -4.47. The molecule has 1 saturated heterocycles. The number of rotatable bonds is 3. The highest BCUT2D eigenvalue weighted by Crippen LogP contribution is 2.46. The number of halogens is 3. The van der Waals surface area contributed by atoms with Gasteiger partial charge in [0.2, 0.25) is 5.95 Å². The van der Waals surface area contributed by atoms with Crippen molar-refractivity contribution in [1.82, 2.24) is 19.5 Å². The first kappa shape index (κ1) is 18.6. The molecule has 7 nitrogen and oxygen atoms in total. The van der Waals surface area contributed by atoms with E-state index in [4.69, 9.17) is 0 Å². The van der Waals surface area contributed by atoms with Crippen LogP contribution in [0.25, 0.3) is 17.3 Å². The topological polar surface area (TPSA) is 75.9 Å². The lowest BCUT2D eigenvalue weighted by molar-refractivity contribution is -0.155. The lowest BCUT2D eigenvalue weighted by atomic mass is 9.88. The molecule has 30 heavy (non-hydrogen) atoms. The van der Waals surface area contributed by atoms with E-state index in [0.29, 0.717) is 30.3 Å². The van der Waals surface area contributed by atoms with Gasteiger partial charge in [0.15, 0.2) is 5.82 Å². The Labute approximate surface area is 169 Å². The molecule has 10 heteroatoms. The molecule has 2 aromatic heterocycles. The molecule has 1 aromatic carbocycles. The summed E-state index contributed by atoms with van der Waals surface area (Å²) in [6.45, 7) is 0.322. The summed E-state index contributed by atoms with van der Waals surface area (Å²) >= 11 is 0. The fourth-order valence-electron chi connectivity index (χ4n) is 4.30. The van der Waals surface area contributed by atoms with Crippen LogP contribution in [0.5, 0.6) is 0 Å². The predicted octanol–water partition coefficient (Wildman–Crippen LogP) is 3.57. The van der Waals surface area contributed by atoms with Crippen LogP contribution in [0.2, 0.25) is 0 Å². The SMILES string of the molecule is O=C1Nc2cnc(-n3ccnc3-c3ccccc3)nc2N2CCCC12CC(F)(F)F. The number of alkyl halides is 3. The van der Waals surface area contributed by atoms with Gasteiger partial charge in [0.05, 0.1) is 12.6 Å². The molecule has 5 rings (SSSR count). The van der Waals surface area contributed by atoms with E-state index in [9.17, 15) is 18.0 Å². The first-order chi connectivity index (χ1) is 14.4. The van der Waals surface area contributed by atoms with Gasteiger partial charge in [0, 0.05) is 24.5 Å². The molecule has 154 valence electrons. The summed E-state index contributed by atoms with van der Waals surface area (Å²) in [6, 6.07) is 9.45. The molecule has 0 spiro atoms.